The number of amides is 1. The maximum atomic E-state index is 12.6. The molecule has 2 aromatic rings. The second kappa shape index (κ2) is 9.78. The summed E-state index contributed by atoms with van der Waals surface area (Å²) in [5, 5.41) is 2.94. The highest BCUT2D eigenvalue weighted by Crippen LogP contribution is 2.30. The lowest BCUT2D eigenvalue weighted by Crippen LogP contribution is -2.26. The lowest BCUT2D eigenvalue weighted by Gasteiger charge is -2.18. The molecule has 0 heterocycles. The van der Waals surface area contributed by atoms with Crippen molar-refractivity contribution < 1.29 is 22.7 Å². The highest BCUT2D eigenvalue weighted by Gasteiger charge is 2.15. The normalized spacial score (nSPS) is 12.5. The minimum Gasteiger partial charge on any atom is -0.493 e. The second-order valence-corrected chi connectivity index (χ2v) is 9.72. The van der Waals surface area contributed by atoms with Gasteiger partial charge >= 0.3 is 0 Å². The molecule has 6 nitrogen and oxygen atoms in total. The van der Waals surface area contributed by atoms with Gasteiger partial charge in [-0.05, 0) is 48.2 Å². The van der Waals surface area contributed by atoms with Crippen LogP contribution in [0.2, 0.25) is 0 Å². The molecule has 29 heavy (non-hydrogen) atoms. The molecule has 1 N–H and O–H groups in total. The molecule has 0 aliphatic heterocycles. The molecular weight excluding hydrogens is 390 g/mol. The minimum atomic E-state index is -3.17. The molecule has 0 fully saturated rings. The summed E-state index contributed by atoms with van der Waals surface area (Å²) >= 11 is 0. The number of nitrogens with one attached hydrogen (secondary N) is 1. The lowest BCUT2D eigenvalue weighted by atomic mass is 10.1. The van der Waals surface area contributed by atoms with Gasteiger partial charge in [0.25, 0.3) is 5.91 Å². The van der Waals surface area contributed by atoms with Gasteiger partial charge in [-0.1, -0.05) is 32.0 Å². The van der Waals surface area contributed by atoms with Crippen LogP contribution in [0, 0.1) is 5.92 Å². The molecule has 1 unspecified atom stereocenters. The van der Waals surface area contributed by atoms with Crippen LogP contribution >= 0.6 is 0 Å². The van der Waals surface area contributed by atoms with Crippen LogP contribution in [0.4, 0.5) is 0 Å². The zero-order valence-corrected chi connectivity index (χ0v) is 18.4. The standard InChI is InChI=1S/C22H29NO5S/c1-15(2)13-28-20-10-9-18(12-21(20)27-4)16(3)23-22(24)19-8-6-7-17(11-19)14-29(5,25)26/h6-12,15-16H,13-14H2,1-5H3,(H,23,24). The Morgan fingerprint density at radius 1 is 1.07 bits per heavy atom. The highest BCUT2D eigenvalue weighted by atomic mass is 32.2. The number of hydrogen-bond donors (Lipinski definition) is 1. The first-order chi connectivity index (χ1) is 13.6. The van der Waals surface area contributed by atoms with Gasteiger partial charge in [-0.25, -0.2) is 8.42 Å². The molecule has 0 spiro atoms. The van der Waals surface area contributed by atoms with Crippen molar-refractivity contribution in [2.75, 3.05) is 20.0 Å². The molecule has 0 bridgehead atoms. The van der Waals surface area contributed by atoms with Gasteiger partial charge in [-0.2, -0.15) is 0 Å². The van der Waals surface area contributed by atoms with Crippen LogP contribution in [0.1, 0.15) is 48.3 Å². The van der Waals surface area contributed by atoms with Crippen LogP contribution in [0.25, 0.3) is 0 Å². The first-order valence-corrected chi connectivity index (χ1v) is 11.5. The summed E-state index contributed by atoms with van der Waals surface area (Å²) in [6.45, 7) is 6.61. The van der Waals surface area contributed by atoms with E-state index in [1.807, 2.05) is 25.1 Å². The number of methoxy groups -OCH3 is 1. The Morgan fingerprint density at radius 2 is 1.79 bits per heavy atom. The molecule has 0 saturated carbocycles. The average molecular weight is 420 g/mol. The molecular formula is C22H29NO5S. The summed E-state index contributed by atoms with van der Waals surface area (Å²) in [5.74, 6) is 1.30. The summed E-state index contributed by atoms with van der Waals surface area (Å²) < 4.78 is 34.2. The molecule has 0 aromatic heterocycles. The van der Waals surface area contributed by atoms with E-state index in [4.69, 9.17) is 9.47 Å². The molecule has 2 rings (SSSR count). The van der Waals surface area contributed by atoms with Crippen LogP contribution in [0.5, 0.6) is 11.5 Å². The van der Waals surface area contributed by atoms with Gasteiger partial charge in [-0.3, -0.25) is 4.79 Å². The van der Waals surface area contributed by atoms with E-state index < -0.39 is 9.84 Å². The maximum Gasteiger partial charge on any atom is 0.251 e. The molecule has 1 atom stereocenters. The van der Waals surface area contributed by atoms with E-state index in [0.29, 0.717) is 35.2 Å². The number of carbonyl (C=O) groups excluding carboxylic acids is 1. The van der Waals surface area contributed by atoms with Crippen LogP contribution < -0.4 is 14.8 Å². The Morgan fingerprint density at radius 3 is 2.41 bits per heavy atom. The molecule has 0 radical (unpaired) electrons. The Labute approximate surface area is 173 Å². The van der Waals surface area contributed by atoms with Crippen LogP contribution in [-0.2, 0) is 15.6 Å². The third-order valence-corrected chi connectivity index (χ3v) is 5.08. The van der Waals surface area contributed by atoms with Gasteiger partial charge in [0.15, 0.2) is 21.3 Å². The largest absolute Gasteiger partial charge is 0.493 e. The monoisotopic (exact) mass is 419 g/mol. The van der Waals surface area contributed by atoms with Crippen molar-refractivity contribution in [2.45, 2.75) is 32.6 Å². The first kappa shape index (κ1) is 22.7. The Balaban J connectivity index is 2.12. The maximum absolute atomic E-state index is 12.6. The predicted molar refractivity (Wildman–Crippen MR) is 114 cm³/mol. The number of benzene rings is 2. The van der Waals surface area contributed by atoms with Crippen molar-refractivity contribution >= 4 is 15.7 Å². The Hall–Kier alpha value is -2.54. The minimum absolute atomic E-state index is 0.0985. The lowest BCUT2D eigenvalue weighted by molar-refractivity contribution is 0.0939. The van der Waals surface area contributed by atoms with Crippen molar-refractivity contribution in [2.24, 2.45) is 5.92 Å². The van der Waals surface area contributed by atoms with Gasteiger partial charge in [-0.15, -0.1) is 0 Å². The molecule has 7 heteroatoms. The van der Waals surface area contributed by atoms with Crippen LogP contribution in [0.15, 0.2) is 42.5 Å². The van der Waals surface area contributed by atoms with Crippen molar-refractivity contribution in [3.8, 4) is 11.5 Å². The number of ether oxygens (including phenoxy) is 2. The van der Waals surface area contributed by atoms with Gasteiger partial charge < -0.3 is 14.8 Å². The number of hydrogen-bond acceptors (Lipinski definition) is 5. The third-order valence-electron chi connectivity index (χ3n) is 4.23. The van der Waals surface area contributed by atoms with E-state index in [1.165, 1.54) is 6.26 Å². The molecule has 1 amide bonds. The second-order valence-electron chi connectivity index (χ2n) is 7.58. The van der Waals surface area contributed by atoms with Gasteiger partial charge in [0, 0.05) is 11.8 Å². The van der Waals surface area contributed by atoms with Gasteiger partial charge in [0.1, 0.15) is 0 Å². The number of carbonyl (C=O) groups is 1. The Bertz CT molecular complexity index is 953. The summed E-state index contributed by atoms with van der Waals surface area (Å²) in [6, 6.07) is 12.0. The zero-order valence-electron chi connectivity index (χ0n) is 17.6. The van der Waals surface area contributed by atoms with Crippen molar-refractivity contribution in [1.29, 1.82) is 0 Å². The van der Waals surface area contributed by atoms with E-state index >= 15 is 0 Å². The summed E-state index contributed by atoms with van der Waals surface area (Å²) in [5.41, 5.74) is 1.88. The fourth-order valence-corrected chi connectivity index (χ4v) is 3.58. The van der Waals surface area contributed by atoms with E-state index in [0.717, 1.165) is 5.56 Å². The predicted octanol–water partition coefficient (Wildman–Crippen LogP) is 3.77. The number of rotatable bonds is 9. The topological polar surface area (TPSA) is 81.7 Å². The Kier molecular flexibility index (Phi) is 7.67. The molecule has 0 aliphatic rings. The third kappa shape index (κ3) is 7.09. The van der Waals surface area contributed by atoms with Gasteiger partial charge in [0.2, 0.25) is 0 Å². The molecule has 0 saturated heterocycles. The molecule has 0 aliphatic carbocycles. The first-order valence-electron chi connectivity index (χ1n) is 9.47. The van der Waals surface area contributed by atoms with E-state index in [-0.39, 0.29) is 17.7 Å². The highest BCUT2D eigenvalue weighted by molar-refractivity contribution is 7.89. The van der Waals surface area contributed by atoms with Crippen molar-refractivity contribution in [3.05, 3.63) is 59.2 Å². The summed E-state index contributed by atoms with van der Waals surface area (Å²) in [7, 11) is -1.58. The molecule has 158 valence electrons. The summed E-state index contributed by atoms with van der Waals surface area (Å²) in [6.07, 6.45) is 1.17. The van der Waals surface area contributed by atoms with E-state index in [1.54, 1.807) is 31.4 Å². The quantitative estimate of drug-likeness (QED) is 0.669. The van der Waals surface area contributed by atoms with Crippen LogP contribution in [0.3, 0.4) is 0 Å². The summed E-state index contributed by atoms with van der Waals surface area (Å²) in [4.78, 5) is 12.6. The van der Waals surface area contributed by atoms with Crippen LogP contribution in [-0.4, -0.2) is 34.3 Å². The van der Waals surface area contributed by atoms with Crippen molar-refractivity contribution in [3.63, 3.8) is 0 Å². The zero-order chi connectivity index (χ0) is 21.6. The fraction of sp³-hybridized carbons (Fsp3) is 0.409. The number of sulfone groups is 1. The fourth-order valence-electron chi connectivity index (χ4n) is 2.80. The van der Waals surface area contributed by atoms with Gasteiger partial charge in [0.05, 0.1) is 25.5 Å². The van der Waals surface area contributed by atoms with E-state index in [9.17, 15) is 13.2 Å². The molecule has 2 aromatic carbocycles. The SMILES string of the molecule is COc1cc(C(C)NC(=O)c2cccc(CS(C)(=O)=O)c2)ccc1OCC(C)C. The average Bonchev–Trinajstić information content (AvgIpc) is 2.64. The smallest absolute Gasteiger partial charge is 0.251 e. The van der Waals surface area contributed by atoms with E-state index in [2.05, 4.69) is 19.2 Å². The van der Waals surface area contributed by atoms with Crippen molar-refractivity contribution in [1.82, 2.24) is 5.32 Å².